The highest BCUT2D eigenvalue weighted by atomic mass is 16.2. The number of nitrogens with two attached hydrogens (primary N) is 1. The topological polar surface area (TPSA) is 85.1 Å². The lowest BCUT2D eigenvalue weighted by Gasteiger charge is -2.22. The Kier molecular flexibility index (Phi) is 2.67. The Morgan fingerprint density at radius 3 is 2.95 bits per heavy atom. The fourth-order valence-electron chi connectivity index (χ4n) is 2.51. The van der Waals surface area contributed by atoms with E-state index in [1.165, 1.54) is 0 Å². The summed E-state index contributed by atoms with van der Waals surface area (Å²) in [4.78, 5) is 27.2. The summed E-state index contributed by atoms with van der Waals surface area (Å²) in [7, 11) is 0. The molecule has 1 aliphatic rings. The van der Waals surface area contributed by atoms with Crippen LogP contribution in [0.3, 0.4) is 0 Å². The molecule has 0 saturated carbocycles. The van der Waals surface area contributed by atoms with Gasteiger partial charge in [0.1, 0.15) is 5.82 Å². The van der Waals surface area contributed by atoms with Crippen LogP contribution >= 0.6 is 0 Å². The van der Waals surface area contributed by atoms with E-state index in [1.54, 1.807) is 12.3 Å². The molecule has 96 valence electrons. The van der Waals surface area contributed by atoms with Crippen LogP contribution in [0.1, 0.15) is 24.3 Å². The van der Waals surface area contributed by atoms with E-state index in [2.05, 4.69) is 10.3 Å². The summed E-state index contributed by atoms with van der Waals surface area (Å²) in [6, 6.07) is 7.51. The number of rotatable bonds is 1. The van der Waals surface area contributed by atoms with Crippen molar-refractivity contribution in [2.75, 3.05) is 5.73 Å². The van der Waals surface area contributed by atoms with Crippen LogP contribution in [0.4, 0.5) is 5.82 Å². The van der Waals surface area contributed by atoms with E-state index in [1.807, 2.05) is 18.2 Å². The van der Waals surface area contributed by atoms with E-state index in [4.69, 9.17) is 5.73 Å². The Labute approximate surface area is 109 Å². The molecule has 5 heteroatoms. The lowest BCUT2D eigenvalue weighted by molar-refractivity contribution is -0.134. The molecule has 1 aromatic carbocycles. The van der Waals surface area contributed by atoms with E-state index >= 15 is 0 Å². The molecule has 1 saturated heterocycles. The Balaban J connectivity index is 2.10. The number of anilines is 1. The van der Waals surface area contributed by atoms with Gasteiger partial charge in [-0.05, 0) is 23.4 Å². The summed E-state index contributed by atoms with van der Waals surface area (Å²) in [5, 5.41) is 4.24. The zero-order chi connectivity index (χ0) is 13.4. The van der Waals surface area contributed by atoms with Gasteiger partial charge in [0.05, 0.1) is 5.92 Å². The van der Waals surface area contributed by atoms with Crippen LogP contribution in [-0.2, 0) is 9.59 Å². The lowest BCUT2D eigenvalue weighted by Crippen LogP contribution is -2.39. The van der Waals surface area contributed by atoms with Gasteiger partial charge < -0.3 is 5.73 Å². The normalized spacial score (nSPS) is 19.5. The first kappa shape index (κ1) is 11.6. The molecule has 5 nitrogen and oxygen atoms in total. The minimum Gasteiger partial charge on any atom is -0.384 e. The third kappa shape index (κ3) is 2.03. The minimum atomic E-state index is -0.299. The number of carbonyl (C=O) groups excluding carboxylic acids is 2. The van der Waals surface area contributed by atoms with Gasteiger partial charge in [0, 0.05) is 18.0 Å². The molecule has 0 radical (unpaired) electrons. The van der Waals surface area contributed by atoms with Crippen molar-refractivity contribution in [1.82, 2.24) is 10.3 Å². The average molecular weight is 255 g/mol. The molecular weight excluding hydrogens is 242 g/mol. The molecule has 1 aliphatic heterocycles. The highest BCUT2D eigenvalue weighted by Gasteiger charge is 2.28. The highest BCUT2D eigenvalue weighted by Crippen LogP contribution is 2.30. The number of nitrogen functional groups attached to an aromatic ring is 1. The summed E-state index contributed by atoms with van der Waals surface area (Å²) in [5.74, 6) is -0.288. The molecule has 1 aromatic heterocycles. The van der Waals surface area contributed by atoms with Crippen molar-refractivity contribution < 1.29 is 9.59 Å². The summed E-state index contributed by atoms with van der Waals surface area (Å²) in [6.07, 6.45) is 2.59. The third-order valence-electron chi connectivity index (χ3n) is 3.43. The van der Waals surface area contributed by atoms with Gasteiger partial charge in [-0.2, -0.15) is 0 Å². The van der Waals surface area contributed by atoms with Crippen molar-refractivity contribution >= 4 is 28.4 Å². The number of hydrogen-bond acceptors (Lipinski definition) is 4. The maximum atomic E-state index is 11.9. The average Bonchev–Trinajstić information content (AvgIpc) is 2.38. The molecule has 3 rings (SSSR count). The smallest absolute Gasteiger partial charge is 0.234 e. The van der Waals surface area contributed by atoms with E-state index in [9.17, 15) is 9.59 Å². The molecule has 0 bridgehead atoms. The summed E-state index contributed by atoms with van der Waals surface area (Å²) in [5.41, 5.74) is 6.56. The summed E-state index contributed by atoms with van der Waals surface area (Å²) in [6.45, 7) is 0. The van der Waals surface area contributed by atoms with E-state index in [-0.39, 0.29) is 17.7 Å². The van der Waals surface area contributed by atoms with Crippen molar-refractivity contribution in [2.24, 2.45) is 0 Å². The van der Waals surface area contributed by atoms with E-state index in [0.717, 1.165) is 16.3 Å². The molecule has 19 heavy (non-hydrogen) atoms. The molecule has 2 amide bonds. The molecular formula is C14H13N3O2. The van der Waals surface area contributed by atoms with Crippen LogP contribution in [0, 0.1) is 0 Å². The number of carbonyl (C=O) groups is 2. The number of benzene rings is 1. The maximum absolute atomic E-state index is 11.9. The summed E-state index contributed by atoms with van der Waals surface area (Å²) >= 11 is 0. The van der Waals surface area contributed by atoms with Crippen LogP contribution < -0.4 is 11.1 Å². The number of hydrogen-bond donors (Lipinski definition) is 2. The van der Waals surface area contributed by atoms with Gasteiger partial charge in [0.25, 0.3) is 0 Å². The van der Waals surface area contributed by atoms with Crippen molar-refractivity contribution in [3.8, 4) is 0 Å². The largest absolute Gasteiger partial charge is 0.384 e. The lowest BCUT2D eigenvalue weighted by atomic mass is 9.88. The zero-order valence-electron chi connectivity index (χ0n) is 10.2. The minimum absolute atomic E-state index is 0.205. The monoisotopic (exact) mass is 255 g/mol. The number of aromatic nitrogens is 1. The Morgan fingerprint density at radius 2 is 2.16 bits per heavy atom. The highest BCUT2D eigenvalue weighted by molar-refractivity contribution is 6.03. The third-order valence-corrected chi connectivity index (χ3v) is 3.43. The first-order chi connectivity index (χ1) is 9.15. The van der Waals surface area contributed by atoms with Crippen LogP contribution in [0.15, 0.2) is 30.5 Å². The molecule has 2 aromatic rings. The second-order valence-electron chi connectivity index (χ2n) is 4.68. The van der Waals surface area contributed by atoms with E-state index < -0.39 is 0 Å². The predicted octanol–water partition coefficient (Wildman–Crippen LogP) is 1.34. The van der Waals surface area contributed by atoms with Gasteiger partial charge in [0.2, 0.25) is 11.8 Å². The number of nitrogens with zero attached hydrogens (tertiary/aromatic N) is 1. The van der Waals surface area contributed by atoms with Gasteiger partial charge >= 0.3 is 0 Å². The molecule has 3 N–H and O–H groups in total. The number of fused-ring (bicyclic) bond motifs is 1. The van der Waals surface area contributed by atoms with Crippen molar-refractivity contribution in [1.29, 1.82) is 0 Å². The molecule has 1 fully saturated rings. The second kappa shape index (κ2) is 4.35. The molecule has 1 atom stereocenters. The van der Waals surface area contributed by atoms with Gasteiger partial charge in [-0.15, -0.1) is 0 Å². The number of imide groups is 1. The predicted molar refractivity (Wildman–Crippen MR) is 71.3 cm³/mol. The number of amides is 2. The molecule has 1 unspecified atom stereocenters. The van der Waals surface area contributed by atoms with Gasteiger partial charge in [-0.25, -0.2) is 4.98 Å². The number of pyridine rings is 1. The Morgan fingerprint density at radius 1 is 1.32 bits per heavy atom. The SMILES string of the molecule is Nc1cc2cccc(C3CCC(=O)NC3=O)c2cn1. The molecule has 0 spiro atoms. The molecule has 2 heterocycles. The maximum Gasteiger partial charge on any atom is 0.234 e. The van der Waals surface area contributed by atoms with Gasteiger partial charge in [-0.1, -0.05) is 18.2 Å². The first-order valence-corrected chi connectivity index (χ1v) is 6.13. The van der Waals surface area contributed by atoms with Crippen LogP contribution in [-0.4, -0.2) is 16.8 Å². The first-order valence-electron chi connectivity index (χ1n) is 6.13. The van der Waals surface area contributed by atoms with E-state index in [0.29, 0.717) is 18.7 Å². The van der Waals surface area contributed by atoms with Crippen molar-refractivity contribution in [3.63, 3.8) is 0 Å². The number of nitrogens with one attached hydrogen (secondary N) is 1. The van der Waals surface area contributed by atoms with Crippen molar-refractivity contribution in [2.45, 2.75) is 18.8 Å². The fraction of sp³-hybridized carbons (Fsp3) is 0.214. The standard InChI is InChI=1S/C14H13N3O2/c15-12-6-8-2-1-3-9(11(8)7-16-12)10-4-5-13(18)17-14(10)19/h1-3,6-7,10H,4-5H2,(H2,15,16)(H,17,18,19). The van der Waals surface area contributed by atoms with Gasteiger partial charge in [0.15, 0.2) is 0 Å². The van der Waals surface area contributed by atoms with Crippen LogP contribution in [0.5, 0.6) is 0 Å². The fourth-order valence-corrected chi connectivity index (χ4v) is 2.51. The second-order valence-corrected chi connectivity index (χ2v) is 4.68. The zero-order valence-corrected chi connectivity index (χ0v) is 10.2. The van der Waals surface area contributed by atoms with Crippen molar-refractivity contribution in [3.05, 3.63) is 36.0 Å². The van der Waals surface area contributed by atoms with Crippen LogP contribution in [0.2, 0.25) is 0 Å². The van der Waals surface area contributed by atoms with Gasteiger partial charge in [-0.3, -0.25) is 14.9 Å². The molecule has 0 aliphatic carbocycles. The summed E-state index contributed by atoms with van der Waals surface area (Å²) < 4.78 is 0. The quantitative estimate of drug-likeness (QED) is 0.753. The Hall–Kier alpha value is -2.43. The number of piperidine rings is 1. The Bertz CT molecular complexity index is 681. The van der Waals surface area contributed by atoms with Crippen LogP contribution in [0.25, 0.3) is 10.8 Å².